The smallest absolute Gasteiger partial charge is 0.335 e. The lowest BCUT2D eigenvalue weighted by atomic mass is 10.0. The van der Waals surface area contributed by atoms with E-state index in [1.807, 2.05) is 6.07 Å². The standard InChI is InChI=1S/C21H17N3O2S/c1-12-6-8-14(9-7-12)17-13(2)27-20-18(17)19(22-11-23-20)24-16-5-3-4-15(10-16)21(25)26/h3-11H,1-2H3,(H,25,26)(H,22,23,24). The van der Waals surface area contributed by atoms with Gasteiger partial charge in [0.05, 0.1) is 10.9 Å². The van der Waals surface area contributed by atoms with Crippen molar-refractivity contribution in [2.24, 2.45) is 0 Å². The number of carboxylic acid groups (broad SMARTS) is 1. The molecule has 27 heavy (non-hydrogen) atoms. The van der Waals surface area contributed by atoms with E-state index in [4.69, 9.17) is 0 Å². The first-order valence-corrected chi connectivity index (χ1v) is 9.26. The van der Waals surface area contributed by atoms with Gasteiger partial charge in [0, 0.05) is 16.1 Å². The average Bonchev–Trinajstić information content (AvgIpc) is 2.99. The minimum Gasteiger partial charge on any atom is -0.478 e. The van der Waals surface area contributed by atoms with Crippen molar-refractivity contribution in [3.8, 4) is 11.1 Å². The Labute approximate surface area is 160 Å². The van der Waals surface area contributed by atoms with Gasteiger partial charge in [0.25, 0.3) is 0 Å². The van der Waals surface area contributed by atoms with Gasteiger partial charge in [-0.3, -0.25) is 0 Å². The number of benzene rings is 2. The van der Waals surface area contributed by atoms with E-state index >= 15 is 0 Å². The van der Waals surface area contributed by atoms with Crippen molar-refractivity contribution < 1.29 is 9.90 Å². The van der Waals surface area contributed by atoms with Crippen LogP contribution in [0.1, 0.15) is 20.8 Å². The van der Waals surface area contributed by atoms with Crippen molar-refractivity contribution in [2.75, 3.05) is 5.32 Å². The second-order valence-electron chi connectivity index (χ2n) is 6.31. The number of thiophene rings is 1. The van der Waals surface area contributed by atoms with E-state index in [1.54, 1.807) is 29.5 Å². The zero-order valence-electron chi connectivity index (χ0n) is 14.9. The molecule has 0 aliphatic carbocycles. The van der Waals surface area contributed by atoms with Gasteiger partial charge in [0.1, 0.15) is 17.0 Å². The van der Waals surface area contributed by atoms with E-state index in [2.05, 4.69) is 53.4 Å². The van der Waals surface area contributed by atoms with Gasteiger partial charge in [0.15, 0.2) is 0 Å². The third kappa shape index (κ3) is 3.27. The van der Waals surface area contributed by atoms with Crippen molar-refractivity contribution in [1.82, 2.24) is 9.97 Å². The van der Waals surface area contributed by atoms with Gasteiger partial charge >= 0.3 is 5.97 Å². The highest BCUT2D eigenvalue weighted by atomic mass is 32.1. The fraction of sp³-hybridized carbons (Fsp3) is 0.0952. The molecule has 0 atom stereocenters. The molecule has 4 aromatic rings. The van der Waals surface area contributed by atoms with Gasteiger partial charge in [-0.1, -0.05) is 35.9 Å². The number of hydrogen-bond donors (Lipinski definition) is 2. The second-order valence-corrected chi connectivity index (χ2v) is 7.52. The lowest BCUT2D eigenvalue weighted by molar-refractivity contribution is 0.0697. The predicted octanol–water partition coefficient (Wildman–Crippen LogP) is 5.42. The predicted molar refractivity (Wildman–Crippen MR) is 109 cm³/mol. The summed E-state index contributed by atoms with van der Waals surface area (Å²) in [5, 5.41) is 13.4. The monoisotopic (exact) mass is 375 g/mol. The van der Waals surface area contributed by atoms with E-state index in [1.165, 1.54) is 11.9 Å². The largest absolute Gasteiger partial charge is 0.478 e. The summed E-state index contributed by atoms with van der Waals surface area (Å²) >= 11 is 1.63. The average molecular weight is 375 g/mol. The number of aryl methyl sites for hydroxylation is 2. The molecule has 0 unspecified atom stereocenters. The molecule has 5 nitrogen and oxygen atoms in total. The zero-order valence-corrected chi connectivity index (χ0v) is 15.7. The maximum absolute atomic E-state index is 11.2. The summed E-state index contributed by atoms with van der Waals surface area (Å²) in [6.45, 7) is 4.14. The number of hydrogen-bond acceptors (Lipinski definition) is 5. The molecule has 0 spiro atoms. The maximum Gasteiger partial charge on any atom is 0.335 e. The topological polar surface area (TPSA) is 75.1 Å². The highest BCUT2D eigenvalue weighted by molar-refractivity contribution is 7.19. The van der Waals surface area contributed by atoms with Gasteiger partial charge < -0.3 is 10.4 Å². The number of fused-ring (bicyclic) bond motifs is 1. The maximum atomic E-state index is 11.2. The van der Waals surface area contributed by atoms with Gasteiger partial charge in [-0.25, -0.2) is 14.8 Å². The Morgan fingerprint density at radius 2 is 1.85 bits per heavy atom. The Morgan fingerprint density at radius 3 is 2.59 bits per heavy atom. The van der Waals surface area contributed by atoms with Crippen LogP contribution in [0.3, 0.4) is 0 Å². The Hall–Kier alpha value is -3.25. The van der Waals surface area contributed by atoms with Crippen molar-refractivity contribution in [3.05, 3.63) is 70.9 Å². The molecule has 0 saturated heterocycles. The molecular weight excluding hydrogens is 358 g/mol. The molecule has 134 valence electrons. The Morgan fingerprint density at radius 1 is 1.07 bits per heavy atom. The number of carbonyl (C=O) groups is 1. The molecule has 2 N–H and O–H groups in total. The van der Waals surface area contributed by atoms with E-state index in [0.717, 1.165) is 26.2 Å². The fourth-order valence-electron chi connectivity index (χ4n) is 3.07. The fourth-order valence-corrected chi connectivity index (χ4v) is 4.09. The molecule has 6 heteroatoms. The van der Waals surface area contributed by atoms with Crippen LogP contribution < -0.4 is 5.32 Å². The molecule has 0 aliphatic rings. The molecule has 0 aliphatic heterocycles. The van der Waals surface area contributed by atoms with Gasteiger partial charge in [0.2, 0.25) is 0 Å². The highest BCUT2D eigenvalue weighted by Gasteiger charge is 2.17. The molecule has 4 rings (SSSR count). The van der Waals surface area contributed by atoms with Crippen LogP contribution in [0.4, 0.5) is 11.5 Å². The number of rotatable bonds is 4. The zero-order chi connectivity index (χ0) is 19.0. The highest BCUT2D eigenvalue weighted by Crippen LogP contribution is 2.41. The minimum atomic E-state index is -0.960. The minimum absolute atomic E-state index is 0.227. The molecule has 2 heterocycles. The van der Waals surface area contributed by atoms with Crippen LogP contribution >= 0.6 is 11.3 Å². The van der Waals surface area contributed by atoms with Crippen molar-refractivity contribution in [2.45, 2.75) is 13.8 Å². The first kappa shape index (κ1) is 17.2. The lowest BCUT2D eigenvalue weighted by Gasteiger charge is -2.10. The summed E-state index contributed by atoms with van der Waals surface area (Å²) in [4.78, 5) is 22.2. The second kappa shape index (κ2) is 6.81. The first-order valence-electron chi connectivity index (χ1n) is 8.44. The molecular formula is C21H17N3O2S. The molecule has 0 amide bonds. The summed E-state index contributed by atoms with van der Waals surface area (Å²) < 4.78 is 0. The van der Waals surface area contributed by atoms with E-state index in [-0.39, 0.29) is 5.56 Å². The van der Waals surface area contributed by atoms with Crippen molar-refractivity contribution in [1.29, 1.82) is 0 Å². The quantitative estimate of drug-likeness (QED) is 0.498. The Bertz CT molecular complexity index is 1150. The number of carboxylic acids is 1. The van der Waals surface area contributed by atoms with Crippen LogP contribution in [0.5, 0.6) is 0 Å². The van der Waals surface area contributed by atoms with Crippen LogP contribution in [0, 0.1) is 13.8 Å². The van der Waals surface area contributed by atoms with Gasteiger partial charge in [-0.15, -0.1) is 11.3 Å². The SMILES string of the molecule is Cc1ccc(-c2c(C)sc3ncnc(Nc4cccc(C(=O)O)c4)c23)cc1. The summed E-state index contributed by atoms with van der Waals surface area (Å²) in [5.41, 5.74) is 4.32. The van der Waals surface area contributed by atoms with Crippen LogP contribution in [-0.2, 0) is 0 Å². The number of aromatic nitrogens is 2. The third-order valence-electron chi connectivity index (χ3n) is 4.38. The van der Waals surface area contributed by atoms with Crippen LogP contribution in [0.15, 0.2) is 54.9 Å². The molecule has 2 aromatic carbocycles. The number of nitrogens with one attached hydrogen (secondary N) is 1. The molecule has 2 aromatic heterocycles. The molecule has 0 fully saturated rings. The number of nitrogens with zero attached hydrogens (tertiary/aromatic N) is 2. The number of aromatic carboxylic acids is 1. The van der Waals surface area contributed by atoms with Crippen LogP contribution in [-0.4, -0.2) is 21.0 Å². The van der Waals surface area contributed by atoms with Crippen molar-refractivity contribution >= 4 is 39.0 Å². The van der Waals surface area contributed by atoms with E-state index in [9.17, 15) is 9.90 Å². The summed E-state index contributed by atoms with van der Waals surface area (Å²) in [6.07, 6.45) is 1.53. The van der Waals surface area contributed by atoms with Crippen LogP contribution in [0.25, 0.3) is 21.3 Å². The lowest BCUT2D eigenvalue weighted by Crippen LogP contribution is -1.99. The normalized spacial score (nSPS) is 10.9. The van der Waals surface area contributed by atoms with Gasteiger partial charge in [-0.2, -0.15) is 0 Å². The summed E-state index contributed by atoms with van der Waals surface area (Å²) in [6, 6.07) is 15.1. The van der Waals surface area contributed by atoms with Crippen LogP contribution in [0.2, 0.25) is 0 Å². The van der Waals surface area contributed by atoms with E-state index in [0.29, 0.717) is 11.5 Å². The Balaban J connectivity index is 1.85. The van der Waals surface area contributed by atoms with E-state index < -0.39 is 5.97 Å². The Kier molecular flexibility index (Phi) is 4.33. The third-order valence-corrected chi connectivity index (χ3v) is 5.39. The molecule has 0 bridgehead atoms. The van der Waals surface area contributed by atoms with Crippen molar-refractivity contribution in [3.63, 3.8) is 0 Å². The summed E-state index contributed by atoms with van der Waals surface area (Å²) in [7, 11) is 0. The first-order chi connectivity index (χ1) is 13.0. The molecule has 0 radical (unpaired) electrons. The number of anilines is 2. The van der Waals surface area contributed by atoms with Gasteiger partial charge in [-0.05, 0) is 37.6 Å². The summed E-state index contributed by atoms with van der Waals surface area (Å²) in [5.74, 6) is -0.291. The molecule has 0 saturated carbocycles.